The highest BCUT2D eigenvalue weighted by molar-refractivity contribution is 5.77. The van der Waals surface area contributed by atoms with E-state index in [9.17, 15) is 9.59 Å². The average molecular weight is 275 g/mol. The number of nitrogens with one attached hydrogen (secondary N) is 2. The molecule has 0 fully saturated rings. The number of carbonyl (C=O) groups excluding carboxylic acids is 1. The van der Waals surface area contributed by atoms with Gasteiger partial charge in [0.15, 0.2) is 0 Å². The van der Waals surface area contributed by atoms with Crippen LogP contribution in [-0.4, -0.2) is 41.0 Å². The maximum atomic E-state index is 12.1. The molecule has 0 aliphatic heterocycles. The van der Waals surface area contributed by atoms with Crippen molar-refractivity contribution in [3.8, 4) is 0 Å². The van der Waals surface area contributed by atoms with Gasteiger partial charge in [0, 0.05) is 19.5 Å². The van der Waals surface area contributed by atoms with Gasteiger partial charge in [-0.3, -0.25) is 9.59 Å². The van der Waals surface area contributed by atoms with E-state index in [1.807, 2.05) is 7.05 Å². The normalized spacial score (nSPS) is 10.7. The largest absolute Gasteiger partial charge is 0.355 e. The topological polar surface area (TPSA) is 88.9 Å². The van der Waals surface area contributed by atoms with Crippen molar-refractivity contribution >= 4 is 16.8 Å². The summed E-state index contributed by atoms with van der Waals surface area (Å²) < 4.78 is 1.22. The number of rotatable bonds is 6. The minimum atomic E-state index is -0.223. The molecule has 2 aromatic rings. The van der Waals surface area contributed by atoms with Crippen molar-refractivity contribution in [3.63, 3.8) is 0 Å². The predicted molar refractivity (Wildman–Crippen MR) is 75.4 cm³/mol. The molecule has 2 N–H and O–H groups in total. The highest BCUT2D eigenvalue weighted by Gasteiger charge is 2.07. The van der Waals surface area contributed by atoms with Crippen molar-refractivity contribution in [3.05, 3.63) is 34.6 Å². The third-order valence-corrected chi connectivity index (χ3v) is 2.88. The lowest BCUT2D eigenvalue weighted by Crippen LogP contribution is -2.32. The summed E-state index contributed by atoms with van der Waals surface area (Å²) >= 11 is 0. The second-order valence-electron chi connectivity index (χ2n) is 4.34. The fourth-order valence-corrected chi connectivity index (χ4v) is 1.79. The van der Waals surface area contributed by atoms with Gasteiger partial charge < -0.3 is 10.6 Å². The SMILES string of the molecule is CNCCNC(=O)CCn1nnc2ccccc2c1=O. The summed E-state index contributed by atoms with van der Waals surface area (Å²) in [7, 11) is 1.82. The lowest BCUT2D eigenvalue weighted by atomic mass is 10.2. The second-order valence-corrected chi connectivity index (χ2v) is 4.34. The third-order valence-electron chi connectivity index (χ3n) is 2.88. The van der Waals surface area contributed by atoms with Crippen LogP contribution in [0.3, 0.4) is 0 Å². The summed E-state index contributed by atoms with van der Waals surface area (Å²) in [5, 5.41) is 14.0. The second kappa shape index (κ2) is 6.76. The molecule has 1 aromatic heterocycles. The molecule has 0 saturated heterocycles. The first kappa shape index (κ1) is 14.1. The van der Waals surface area contributed by atoms with E-state index in [0.717, 1.165) is 0 Å². The summed E-state index contributed by atoms with van der Waals surface area (Å²) in [6.07, 6.45) is 0.205. The molecular weight excluding hydrogens is 258 g/mol. The predicted octanol–water partition coefficient (Wildman–Crippen LogP) is -0.483. The molecule has 0 unspecified atom stereocenters. The molecule has 1 amide bonds. The fraction of sp³-hybridized carbons (Fsp3) is 0.385. The van der Waals surface area contributed by atoms with Gasteiger partial charge in [-0.25, -0.2) is 4.68 Å². The number of nitrogens with zero attached hydrogens (tertiary/aromatic N) is 3. The molecule has 106 valence electrons. The summed E-state index contributed by atoms with van der Waals surface area (Å²) in [6, 6.07) is 7.02. The smallest absolute Gasteiger partial charge is 0.277 e. The molecule has 0 bridgehead atoms. The van der Waals surface area contributed by atoms with E-state index < -0.39 is 0 Å². The van der Waals surface area contributed by atoms with Gasteiger partial charge in [-0.15, -0.1) is 5.10 Å². The Bertz CT molecular complexity index is 652. The summed E-state index contributed by atoms with van der Waals surface area (Å²) in [4.78, 5) is 23.7. The zero-order valence-electron chi connectivity index (χ0n) is 11.3. The number of amides is 1. The number of fused-ring (bicyclic) bond motifs is 1. The number of carbonyl (C=O) groups is 1. The maximum absolute atomic E-state index is 12.1. The Morgan fingerprint density at radius 3 is 2.90 bits per heavy atom. The van der Waals surface area contributed by atoms with E-state index in [1.165, 1.54) is 4.68 Å². The molecular formula is C13H17N5O2. The minimum absolute atomic E-state index is 0.109. The van der Waals surface area contributed by atoms with Crippen molar-refractivity contribution in [2.75, 3.05) is 20.1 Å². The van der Waals surface area contributed by atoms with Crippen LogP contribution in [0, 0.1) is 0 Å². The first-order valence-corrected chi connectivity index (χ1v) is 6.46. The summed E-state index contributed by atoms with van der Waals surface area (Å²) in [5.74, 6) is -0.109. The summed E-state index contributed by atoms with van der Waals surface area (Å²) in [5.41, 5.74) is 0.339. The number of benzene rings is 1. The number of aryl methyl sites for hydroxylation is 1. The fourth-order valence-electron chi connectivity index (χ4n) is 1.79. The zero-order valence-corrected chi connectivity index (χ0v) is 11.3. The van der Waals surface area contributed by atoms with Gasteiger partial charge in [-0.05, 0) is 19.2 Å². The molecule has 1 aromatic carbocycles. The van der Waals surface area contributed by atoms with E-state index in [4.69, 9.17) is 0 Å². The number of hydrogen-bond donors (Lipinski definition) is 2. The van der Waals surface area contributed by atoms with Gasteiger partial charge in [-0.1, -0.05) is 17.3 Å². The first-order chi connectivity index (χ1) is 9.72. The van der Waals surface area contributed by atoms with Crippen molar-refractivity contribution in [2.45, 2.75) is 13.0 Å². The molecule has 0 atom stereocenters. The lowest BCUT2D eigenvalue weighted by molar-refractivity contribution is -0.121. The maximum Gasteiger partial charge on any atom is 0.277 e. The molecule has 0 aliphatic rings. The lowest BCUT2D eigenvalue weighted by Gasteiger charge is -2.06. The number of likely N-dealkylation sites (N-methyl/N-ethyl adjacent to an activating group) is 1. The molecule has 0 spiro atoms. The zero-order chi connectivity index (χ0) is 14.4. The standard InChI is InChI=1S/C13H17N5O2/c1-14-7-8-15-12(19)6-9-18-13(20)10-4-2-3-5-11(10)16-17-18/h2-5,14H,6-9H2,1H3,(H,15,19). The van der Waals surface area contributed by atoms with Crippen molar-refractivity contribution in [1.82, 2.24) is 25.6 Å². The van der Waals surface area contributed by atoms with Crippen LogP contribution < -0.4 is 16.2 Å². The van der Waals surface area contributed by atoms with Crippen LogP contribution in [0.15, 0.2) is 29.1 Å². The van der Waals surface area contributed by atoms with Gasteiger partial charge in [0.2, 0.25) is 5.91 Å². The van der Waals surface area contributed by atoms with Crippen LogP contribution in [0.1, 0.15) is 6.42 Å². The monoisotopic (exact) mass is 275 g/mol. The van der Waals surface area contributed by atoms with Crippen molar-refractivity contribution in [1.29, 1.82) is 0 Å². The molecule has 0 aliphatic carbocycles. The molecule has 1 heterocycles. The Morgan fingerprint density at radius 2 is 2.10 bits per heavy atom. The van der Waals surface area contributed by atoms with Gasteiger partial charge in [0.25, 0.3) is 5.56 Å². The van der Waals surface area contributed by atoms with Crippen LogP contribution in [0.5, 0.6) is 0 Å². The molecule has 2 rings (SSSR count). The Hall–Kier alpha value is -2.28. The Balaban J connectivity index is 2.02. The highest BCUT2D eigenvalue weighted by Crippen LogP contribution is 2.03. The number of hydrogen-bond acceptors (Lipinski definition) is 5. The molecule has 7 heteroatoms. The van der Waals surface area contributed by atoms with Gasteiger partial charge >= 0.3 is 0 Å². The van der Waals surface area contributed by atoms with Crippen LogP contribution in [-0.2, 0) is 11.3 Å². The quantitative estimate of drug-likeness (QED) is 0.695. The minimum Gasteiger partial charge on any atom is -0.355 e. The van der Waals surface area contributed by atoms with Crippen LogP contribution in [0.25, 0.3) is 10.9 Å². The summed E-state index contributed by atoms with van der Waals surface area (Å²) in [6.45, 7) is 1.50. The van der Waals surface area contributed by atoms with E-state index in [-0.39, 0.29) is 24.4 Å². The van der Waals surface area contributed by atoms with E-state index in [2.05, 4.69) is 20.9 Å². The Labute approximate surface area is 116 Å². The molecule has 0 radical (unpaired) electrons. The molecule has 20 heavy (non-hydrogen) atoms. The Kier molecular flexibility index (Phi) is 4.78. The molecule has 7 nitrogen and oxygen atoms in total. The highest BCUT2D eigenvalue weighted by atomic mass is 16.2. The van der Waals surface area contributed by atoms with Gasteiger partial charge in [0.05, 0.1) is 11.9 Å². The van der Waals surface area contributed by atoms with Crippen LogP contribution in [0.2, 0.25) is 0 Å². The van der Waals surface area contributed by atoms with Gasteiger partial charge in [0.1, 0.15) is 5.52 Å². The van der Waals surface area contributed by atoms with E-state index in [1.54, 1.807) is 24.3 Å². The Morgan fingerprint density at radius 1 is 1.30 bits per heavy atom. The average Bonchev–Trinajstić information content (AvgIpc) is 2.47. The van der Waals surface area contributed by atoms with E-state index in [0.29, 0.717) is 24.0 Å². The van der Waals surface area contributed by atoms with Gasteiger partial charge in [-0.2, -0.15) is 0 Å². The third kappa shape index (κ3) is 3.39. The van der Waals surface area contributed by atoms with Crippen LogP contribution in [0.4, 0.5) is 0 Å². The van der Waals surface area contributed by atoms with Crippen LogP contribution >= 0.6 is 0 Å². The van der Waals surface area contributed by atoms with Crippen molar-refractivity contribution in [2.24, 2.45) is 0 Å². The number of aromatic nitrogens is 3. The van der Waals surface area contributed by atoms with E-state index >= 15 is 0 Å². The molecule has 0 saturated carbocycles. The van der Waals surface area contributed by atoms with Crippen molar-refractivity contribution < 1.29 is 4.79 Å². The first-order valence-electron chi connectivity index (χ1n) is 6.46.